The molecule has 1 unspecified atom stereocenters. The summed E-state index contributed by atoms with van der Waals surface area (Å²) < 4.78 is 6.62. The lowest BCUT2D eigenvalue weighted by Gasteiger charge is -2.35. The van der Waals surface area contributed by atoms with Crippen molar-refractivity contribution in [3.8, 4) is 5.75 Å². The fraction of sp³-hybridized carbons (Fsp3) is 0.647. The number of nitrogens with zero attached hydrogens (tertiary/aromatic N) is 1. The number of hydrogen-bond donors (Lipinski definition) is 1. The van der Waals surface area contributed by atoms with Gasteiger partial charge in [-0.15, -0.1) is 0 Å². The van der Waals surface area contributed by atoms with Crippen molar-refractivity contribution < 1.29 is 4.74 Å². The van der Waals surface area contributed by atoms with Crippen LogP contribution < -0.4 is 10.5 Å². The first-order valence-corrected chi connectivity index (χ1v) is 8.72. The summed E-state index contributed by atoms with van der Waals surface area (Å²) in [6.07, 6.45) is 7.98. The molecule has 0 heterocycles. The van der Waals surface area contributed by atoms with Crippen LogP contribution in [-0.2, 0) is 0 Å². The third-order valence-corrected chi connectivity index (χ3v) is 5.16. The van der Waals surface area contributed by atoms with Gasteiger partial charge in [0.2, 0.25) is 0 Å². The molecule has 118 valence electrons. The molecule has 0 radical (unpaired) electrons. The Morgan fingerprint density at radius 2 is 1.95 bits per heavy atom. The molecule has 1 aromatic carbocycles. The molecule has 2 N–H and O–H groups in total. The van der Waals surface area contributed by atoms with E-state index >= 15 is 0 Å². The van der Waals surface area contributed by atoms with Crippen LogP contribution in [0.3, 0.4) is 0 Å². The maximum Gasteiger partial charge on any atom is 0.123 e. The molecule has 1 saturated carbocycles. The van der Waals surface area contributed by atoms with Crippen LogP contribution in [0.2, 0.25) is 0 Å². The van der Waals surface area contributed by atoms with Gasteiger partial charge in [0.05, 0.1) is 13.2 Å². The predicted octanol–water partition coefficient (Wildman–Crippen LogP) is 4.11. The Balaban J connectivity index is 2.23. The van der Waals surface area contributed by atoms with Crippen LogP contribution >= 0.6 is 15.9 Å². The van der Waals surface area contributed by atoms with Crippen molar-refractivity contribution in [3.63, 3.8) is 0 Å². The second-order valence-electron chi connectivity index (χ2n) is 5.95. The van der Waals surface area contributed by atoms with Crippen LogP contribution in [0.25, 0.3) is 0 Å². The lowest BCUT2D eigenvalue weighted by Crippen LogP contribution is -2.38. The normalized spacial score (nSPS) is 18.5. The maximum atomic E-state index is 6.11. The first-order chi connectivity index (χ1) is 10.2. The molecule has 1 aliphatic carbocycles. The van der Waals surface area contributed by atoms with Gasteiger partial charge in [-0.2, -0.15) is 0 Å². The van der Waals surface area contributed by atoms with Crippen LogP contribution in [0.4, 0.5) is 0 Å². The summed E-state index contributed by atoms with van der Waals surface area (Å²) in [6, 6.07) is 7.01. The Bertz CT molecular complexity index is 444. The molecule has 2 rings (SSSR count). The molecule has 0 bridgehead atoms. The third kappa shape index (κ3) is 4.21. The summed E-state index contributed by atoms with van der Waals surface area (Å²) in [5.74, 6) is 0.925. The lowest BCUT2D eigenvalue weighted by molar-refractivity contribution is 0.159. The fourth-order valence-corrected chi connectivity index (χ4v) is 3.78. The Morgan fingerprint density at radius 1 is 1.29 bits per heavy atom. The van der Waals surface area contributed by atoms with Gasteiger partial charge in [-0.3, -0.25) is 4.90 Å². The van der Waals surface area contributed by atoms with Gasteiger partial charge in [0, 0.05) is 22.6 Å². The standard InChI is InChI=1S/C17H27BrN2O/c1-20(14-7-5-3-4-6-8-14)16(12-19)15-11-13(18)9-10-17(15)21-2/h9-11,14,16H,3-8,12,19H2,1-2H3. The van der Waals surface area contributed by atoms with Gasteiger partial charge in [0.25, 0.3) is 0 Å². The van der Waals surface area contributed by atoms with Gasteiger partial charge >= 0.3 is 0 Å². The van der Waals surface area contributed by atoms with Gasteiger partial charge < -0.3 is 10.5 Å². The molecule has 1 aliphatic rings. The zero-order valence-corrected chi connectivity index (χ0v) is 14.7. The van der Waals surface area contributed by atoms with Crippen molar-refractivity contribution in [1.82, 2.24) is 4.90 Å². The SMILES string of the molecule is COc1ccc(Br)cc1C(CN)N(C)C1CCCCCC1. The summed E-state index contributed by atoms with van der Waals surface area (Å²) in [4.78, 5) is 2.47. The molecule has 1 fully saturated rings. The number of likely N-dealkylation sites (N-methyl/N-ethyl adjacent to an activating group) is 1. The van der Waals surface area contributed by atoms with E-state index in [9.17, 15) is 0 Å². The molecule has 21 heavy (non-hydrogen) atoms. The third-order valence-electron chi connectivity index (χ3n) is 4.67. The predicted molar refractivity (Wildman–Crippen MR) is 91.7 cm³/mol. The van der Waals surface area contributed by atoms with E-state index in [0.29, 0.717) is 12.6 Å². The Morgan fingerprint density at radius 3 is 2.52 bits per heavy atom. The quantitative estimate of drug-likeness (QED) is 0.808. The maximum absolute atomic E-state index is 6.11. The largest absolute Gasteiger partial charge is 0.496 e. The van der Waals surface area contributed by atoms with Crippen molar-refractivity contribution in [2.75, 3.05) is 20.7 Å². The topological polar surface area (TPSA) is 38.5 Å². The average molecular weight is 355 g/mol. The highest BCUT2D eigenvalue weighted by atomic mass is 79.9. The minimum atomic E-state index is 0.209. The van der Waals surface area contributed by atoms with E-state index in [1.54, 1.807) is 7.11 Å². The van der Waals surface area contributed by atoms with Gasteiger partial charge in [0.15, 0.2) is 0 Å². The number of rotatable bonds is 5. The molecule has 1 aromatic rings. The van der Waals surface area contributed by atoms with E-state index < -0.39 is 0 Å². The highest BCUT2D eigenvalue weighted by Gasteiger charge is 2.26. The van der Waals surface area contributed by atoms with Crippen LogP contribution in [0, 0.1) is 0 Å². The second kappa shape index (κ2) is 8.16. The molecule has 0 amide bonds. The Hall–Kier alpha value is -0.580. The van der Waals surface area contributed by atoms with Crippen molar-refractivity contribution in [2.24, 2.45) is 5.73 Å². The summed E-state index contributed by atoms with van der Waals surface area (Å²) in [7, 11) is 3.94. The summed E-state index contributed by atoms with van der Waals surface area (Å²) in [5, 5.41) is 0. The number of ether oxygens (including phenoxy) is 1. The number of hydrogen-bond acceptors (Lipinski definition) is 3. The Kier molecular flexibility index (Phi) is 6.52. The van der Waals surface area contributed by atoms with Gasteiger partial charge in [-0.05, 0) is 38.1 Å². The van der Waals surface area contributed by atoms with Gasteiger partial charge in [-0.1, -0.05) is 41.6 Å². The molecule has 0 saturated heterocycles. The van der Waals surface area contributed by atoms with Gasteiger partial charge in [-0.25, -0.2) is 0 Å². The zero-order chi connectivity index (χ0) is 15.2. The number of benzene rings is 1. The van der Waals surface area contributed by atoms with Crippen molar-refractivity contribution in [3.05, 3.63) is 28.2 Å². The fourth-order valence-electron chi connectivity index (χ4n) is 3.40. The highest BCUT2D eigenvalue weighted by Crippen LogP contribution is 2.34. The van der Waals surface area contributed by atoms with E-state index in [4.69, 9.17) is 10.5 Å². The van der Waals surface area contributed by atoms with Crippen molar-refractivity contribution in [1.29, 1.82) is 0 Å². The molecule has 0 aromatic heterocycles. The van der Waals surface area contributed by atoms with E-state index in [1.807, 2.05) is 12.1 Å². The van der Waals surface area contributed by atoms with Crippen molar-refractivity contribution >= 4 is 15.9 Å². The summed E-state index contributed by atoms with van der Waals surface area (Å²) >= 11 is 3.57. The molecule has 0 spiro atoms. The van der Waals surface area contributed by atoms with Crippen LogP contribution in [-0.4, -0.2) is 31.6 Å². The second-order valence-corrected chi connectivity index (χ2v) is 6.86. The highest BCUT2D eigenvalue weighted by molar-refractivity contribution is 9.10. The first kappa shape index (κ1) is 16.8. The minimum absolute atomic E-state index is 0.209. The van der Waals surface area contributed by atoms with Crippen LogP contribution in [0.5, 0.6) is 5.75 Å². The van der Waals surface area contributed by atoms with Gasteiger partial charge in [0.1, 0.15) is 5.75 Å². The summed E-state index contributed by atoms with van der Waals surface area (Å²) in [5.41, 5.74) is 7.29. The molecule has 1 atom stereocenters. The molecule has 3 nitrogen and oxygen atoms in total. The van der Waals surface area contributed by atoms with Crippen LogP contribution in [0.15, 0.2) is 22.7 Å². The molecular formula is C17H27BrN2O. The molecular weight excluding hydrogens is 328 g/mol. The van der Waals surface area contributed by atoms with E-state index in [-0.39, 0.29) is 6.04 Å². The van der Waals surface area contributed by atoms with E-state index in [2.05, 4.69) is 33.9 Å². The number of nitrogens with two attached hydrogens (primary N) is 1. The minimum Gasteiger partial charge on any atom is -0.496 e. The molecule has 0 aliphatic heterocycles. The van der Waals surface area contributed by atoms with Crippen LogP contribution in [0.1, 0.15) is 50.1 Å². The monoisotopic (exact) mass is 354 g/mol. The van der Waals surface area contributed by atoms with E-state index in [0.717, 1.165) is 10.2 Å². The lowest BCUT2D eigenvalue weighted by atomic mass is 9.99. The number of halogens is 1. The molecule has 4 heteroatoms. The van der Waals surface area contributed by atoms with E-state index in [1.165, 1.54) is 44.1 Å². The smallest absolute Gasteiger partial charge is 0.123 e. The first-order valence-electron chi connectivity index (χ1n) is 7.92. The Labute approximate surface area is 137 Å². The zero-order valence-electron chi connectivity index (χ0n) is 13.1. The average Bonchev–Trinajstić information content (AvgIpc) is 2.77. The summed E-state index contributed by atoms with van der Waals surface area (Å²) in [6.45, 7) is 0.611. The van der Waals surface area contributed by atoms with Crippen molar-refractivity contribution in [2.45, 2.75) is 50.6 Å². The number of methoxy groups -OCH3 is 1.